The number of aliphatic carboxylic acids is 1. The number of carboxylic acid groups (broad SMARTS) is 1. The van der Waals surface area contributed by atoms with Gasteiger partial charge in [0.2, 0.25) is 0 Å². The summed E-state index contributed by atoms with van der Waals surface area (Å²) < 4.78 is 12.4. The minimum absolute atomic E-state index is 0.0299. The standard InChI is InChI=1S/C36H56O8/c1-31(2)25-8-11-36(7)29(34(25,5)10-9-26(31)44-27-17-22(38)28(40)24(19-37)43-27)23(39)16-20-21-18-33(4,30(41)42)13-12-32(21,3)14-15-35(20,36)6/h16,21-22,24-29,37-38,40H,8-15,17-19H2,1-7H3,(H,41,42)/t21-,22+,24+,25+,26+,27-,28+,29-,32-,33+,34+,35-,36-/m1/s1. The molecule has 5 aliphatic carbocycles. The number of ether oxygens (including phenoxy) is 2. The second kappa shape index (κ2) is 10.3. The number of aliphatic hydroxyl groups is 3. The molecule has 44 heavy (non-hydrogen) atoms. The Bertz CT molecular complexity index is 1230. The first-order valence-corrected chi connectivity index (χ1v) is 17.1. The maximum Gasteiger partial charge on any atom is 0.309 e. The zero-order valence-electron chi connectivity index (χ0n) is 27.9. The van der Waals surface area contributed by atoms with Gasteiger partial charge < -0.3 is 29.9 Å². The average Bonchev–Trinajstić information content (AvgIpc) is 2.94. The second-order valence-corrected chi connectivity index (χ2v) is 17.6. The number of rotatable bonds is 4. The first-order valence-electron chi connectivity index (χ1n) is 17.1. The zero-order chi connectivity index (χ0) is 32.3. The van der Waals surface area contributed by atoms with Crippen molar-refractivity contribution < 1.29 is 39.5 Å². The number of fused-ring (bicyclic) bond motifs is 7. The summed E-state index contributed by atoms with van der Waals surface area (Å²) in [7, 11) is 0. The molecule has 0 spiro atoms. The Morgan fingerprint density at radius 2 is 1.66 bits per heavy atom. The van der Waals surface area contributed by atoms with Crippen LogP contribution in [0.15, 0.2) is 11.6 Å². The van der Waals surface area contributed by atoms with Crippen LogP contribution in [0.1, 0.15) is 113 Å². The van der Waals surface area contributed by atoms with Gasteiger partial charge in [-0.25, -0.2) is 0 Å². The molecular weight excluding hydrogens is 560 g/mol. The Labute approximate surface area is 263 Å². The van der Waals surface area contributed by atoms with Crippen LogP contribution in [0.5, 0.6) is 0 Å². The molecule has 4 saturated carbocycles. The minimum Gasteiger partial charge on any atom is -0.481 e. The van der Waals surface area contributed by atoms with Gasteiger partial charge in [0.05, 0.1) is 24.2 Å². The van der Waals surface area contributed by atoms with Crippen LogP contribution in [-0.2, 0) is 19.1 Å². The Morgan fingerprint density at radius 3 is 2.32 bits per heavy atom. The fraction of sp³-hybridized carbons (Fsp3) is 0.889. The number of carboxylic acids is 1. The number of hydrogen-bond donors (Lipinski definition) is 4. The van der Waals surface area contributed by atoms with Crippen molar-refractivity contribution in [3.63, 3.8) is 0 Å². The smallest absolute Gasteiger partial charge is 0.309 e. The summed E-state index contributed by atoms with van der Waals surface area (Å²) in [5.41, 5.74) is -0.373. The van der Waals surface area contributed by atoms with E-state index in [0.29, 0.717) is 12.8 Å². The lowest BCUT2D eigenvalue weighted by Crippen LogP contribution is -2.67. The average molecular weight is 617 g/mol. The third-order valence-electron chi connectivity index (χ3n) is 15.1. The van der Waals surface area contributed by atoms with Crippen LogP contribution in [0.2, 0.25) is 0 Å². The van der Waals surface area contributed by atoms with Crippen LogP contribution >= 0.6 is 0 Å². The first kappa shape index (κ1) is 32.6. The fourth-order valence-electron chi connectivity index (χ4n) is 11.9. The molecule has 0 aromatic rings. The van der Waals surface area contributed by atoms with Crippen molar-refractivity contribution in [2.75, 3.05) is 6.61 Å². The van der Waals surface area contributed by atoms with Crippen molar-refractivity contribution in [2.45, 2.75) is 143 Å². The van der Waals surface area contributed by atoms with Crippen molar-refractivity contribution >= 4 is 11.8 Å². The molecule has 6 rings (SSSR count). The summed E-state index contributed by atoms with van der Waals surface area (Å²) >= 11 is 0. The highest BCUT2D eigenvalue weighted by Gasteiger charge is 2.70. The maximum atomic E-state index is 14.6. The number of hydrogen-bond acceptors (Lipinski definition) is 7. The molecule has 1 aliphatic heterocycles. The van der Waals surface area contributed by atoms with Gasteiger partial charge in [0.15, 0.2) is 12.1 Å². The van der Waals surface area contributed by atoms with Gasteiger partial charge in [-0.15, -0.1) is 0 Å². The third kappa shape index (κ3) is 4.40. The van der Waals surface area contributed by atoms with E-state index < -0.39 is 36.0 Å². The SMILES string of the molecule is CC1(C)[C@@H](O[C@@H]2C[C@H](O)[C@H](O)[C@H](CO)O2)CC[C@]2(C)[C@H]3C(=O)C=C4[C@H]5C[C@@](C)(C(=O)O)CC[C@]5(C)CC[C@@]4(C)[C@]3(C)CC[C@@H]12. The molecule has 1 heterocycles. The summed E-state index contributed by atoms with van der Waals surface area (Å²) in [5.74, 6) is -0.267. The van der Waals surface area contributed by atoms with Crippen molar-refractivity contribution in [3.05, 3.63) is 11.6 Å². The van der Waals surface area contributed by atoms with Crippen LogP contribution in [-0.4, -0.2) is 69.5 Å². The van der Waals surface area contributed by atoms with E-state index in [2.05, 4.69) is 41.5 Å². The molecular formula is C36H56O8. The molecule has 4 N–H and O–H groups in total. The van der Waals surface area contributed by atoms with Crippen LogP contribution in [0.4, 0.5) is 0 Å². The van der Waals surface area contributed by atoms with Crippen LogP contribution in [0.25, 0.3) is 0 Å². The molecule has 0 unspecified atom stereocenters. The molecule has 248 valence electrons. The number of carbonyl (C=O) groups is 2. The Balaban J connectivity index is 1.31. The molecule has 0 aromatic heterocycles. The van der Waals surface area contributed by atoms with Crippen LogP contribution in [0.3, 0.4) is 0 Å². The largest absolute Gasteiger partial charge is 0.481 e. The molecule has 5 fully saturated rings. The molecule has 1 saturated heterocycles. The number of ketones is 1. The van der Waals surface area contributed by atoms with Crippen molar-refractivity contribution in [1.29, 1.82) is 0 Å². The van der Waals surface area contributed by atoms with Crippen LogP contribution in [0, 0.1) is 50.2 Å². The van der Waals surface area contributed by atoms with E-state index in [4.69, 9.17) is 9.47 Å². The number of carbonyl (C=O) groups excluding carboxylic acids is 1. The number of aliphatic hydroxyl groups excluding tert-OH is 3. The summed E-state index contributed by atoms with van der Waals surface area (Å²) in [4.78, 5) is 27.0. The predicted octanol–water partition coefficient (Wildman–Crippen LogP) is 5.27. The van der Waals surface area contributed by atoms with Gasteiger partial charge in [-0.1, -0.05) is 47.1 Å². The molecule has 13 atom stereocenters. The van der Waals surface area contributed by atoms with E-state index in [1.165, 1.54) is 5.57 Å². The van der Waals surface area contributed by atoms with Crippen molar-refractivity contribution in [3.8, 4) is 0 Å². The summed E-state index contributed by atoms with van der Waals surface area (Å²) in [6.07, 6.45) is 6.05. The highest BCUT2D eigenvalue weighted by atomic mass is 16.7. The second-order valence-electron chi connectivity index (χ2n) is 17.6. The lowest BCUT2D eigenvalue weighted by Gasteiger charge is -2.70. The van der Waals surface area contributed by atoms with Gasteiger partial charge >= 0.3 is 5.97 Å². The predicted molar refractivity (Wildman–Crippen MR) is 164 cm³/mol. The highest BCUT2D eigenvalue weighted by molar-refractivity contribution is 5.95. The van der Waals surface area contributed by atoms with E-state index >= 15 is 0 Å². The zero-order valence-corrected chi connectivity index (χ0v) is 27.9. The lowest BCUT2D eigenvalue weighted by molar-refractivity contribution is -0.296. The fourth-order valence-corrected chi connectivity index (χ4v) is 11.9. The van der Waals surface area contributed by atoms with Gasteiger partial charge in [-0.3, -0.25) is 9.59 Å². The van der Waals surface area contributed by atoms with E-state index in [0.717, 1.165) is 44.9 Å². The molecule has 0 bridgehead atoms. The third-order valence-corrected chi connectivity index (χ3v) is 15.1. The molecule has 0 amide bonds. The Kier molecular flexibility index (Phi) is 7.66. The molecule has 8 nitrogen and oxygen atoms in total. The van der Waals surface area contributed by atoms with E-state index in [1.807, 2.05) is 13.0 Å². The summed E-state index contributed by atoms with van der Waals surface area (Å²) in [6, 6.07) is 0. The van der Waals surface area contributed by atoms with Gasteiger partial charge in [0.25, 0.3) is 0 Å². The first-order chi connectivity index (χ1) is 20.4. The van der Waals surface area contributed by atoms with Crippen molar-refractivity contribution in [2.24, 2.45) is 50.2 Å². The highest BCUT2D eigenvalue weighted by Crippen LogP contribution is 2.75. The quantitative estimate of drug-likeness (QED) is 0.314. The lowest BCUT2D eigenvalue weighted by atomic mass is 9.33. The monoisotopic (exact) mass is 616 g/mol. The van der Waals surface area contributed by atoms with Gasteiger partial charge in [-0.2, -0.15) is 0 Å². The summed E-state index contributed by atoms with van der Waals surface area (Å²) in [6.45, 7) is 15.4. The molecule has 0 radical (unpaired) electrons. The van der Waals surface area contributed by atoms with Gasteiger partial charge in [0, 0.05) is 12.3 Å². The normalized spacial score (nSPS) is 53.4. The Hall–Kier alpha value is -1.32. The minimum atomic E-state index is -1.14. The molecule has 8 heteroatoms. The van der Waals surface area contributed by atoms with E-state index in [9.17, 15) is 30.0 Å². The van der Waals surface area contributed by atoms with E-state index in [-0.39, 0.29) is 69.7 Å². The van der Waals surface area contributed by atoms with E-state index in [1.54, 1.807) is 0 Å². The topological polar surface area (TPSA) is 134 Å². The number of allylic oxidation sites excluding steroid dienone is 2. The van der Waals surface area contributed by atoms with Crippen LogP contribution < -0.4 is 0 Å². The van der Waals surface area contributed by atoms with Gasteiger partial charge in [-0.05, 0) is 110 Å². The summed E-state index contributed by atoms with van der Waals surface area (Å²) in [5, 5.41) is 40.4. The van der Waals surface area contributed by atoms with Crippen molar-refractivity contribution in [1.82, 2.24) is 0 Å². The molecule has 6 aliphatic rings. The Morgan fingerprint density at radius 1 is 0.977 bits per heavy atom. The molecule has 0 aromatic carbocycles. The van der Waals surface area contributed by atoms with Gasteiger partial charge in [0.1, 0.15) is 12.2 Å². The maximum absolute atomic E-state index is 14.6.